The number of nitrogens with one attached hydrogen (secondary N) is 1. The first kappa shape index (κ1) is 27.4. The maximum absolute atomic E-state index is 13.6. The lowest BCUT2D eigenvalue weighted by Gasteiger charge is -2.37. The van der Waals surface area contributed by atoms with Crippen molar-refractivity contribution in [2.45, 2.75) is 32.0 Å². The van der Waals surface area contributed by atoms with Gasteiger partial charge in [-0.3, -0.25) is 4.79 Å². The molecule has 0 unspecified atom stereocenters. The van der Waals surface area contributed by atoms with Crippen molar-refractivity contribution in [1.82, 2.24) is 14.9 Å². The van der Waals surface area contributed by atoms with Gasteiger partial charge in [-0.1, -0.05) is 12.1 Å². The number of nitrogen functional groups attached to an aromatic ring is 1. The predicted octanol–water partition coefficient (Wildman–Crippen LogP) is 5.99. The van der Waals surface area contributed by atoms with E-state index in [0.29, 0.717) is 35.9 Å². The quantitative estimate of drug-likeness (QED) is 0.319. The minimum Gasteiger partial charge on any atom is -0.370 e. The Hall–Kier alpha value is -4.18. The van der Waals surface area contributed by atoms with E-state index in [-0.39, 0.29) is 11.6 Å². The summed E-state index contributed by atoms with van der Waals surface area (Å²) < 4.78 is 40.8. The first-order valence-electron chi connectivity index (χ1n) is 13.1. The van der Waals surface area contributed by atoms with E-state index in [1.165, 1.54) is 6.07 Å². The third-order valence-electron chi connectivity index (χ3n) is 7.52. The molecule has 0 spiro atoms. The molecular weight excluding hydrogens is 517 g/mol. The molecule has 3 aromatic carbocycles. The highest BCUT2D eigenvalue weighted by Crippen LogP contribution is 2.37. The lowest BCUT2D eigenvalue weighted by Crippen LogP contribution is -2.42. The summed E-state index contributed by atoms with van der Waals surface area (Å²) in [5.41, 5.74) is 9.27. The van der Waals surface area contributed by atoms with Crippen LogP contribution in [0.3, 0.4) is 0 Å². The molecule has 1 amide bonds. The number of nitrogens with zero attached hydrogens (tertiary/aromatic N) is 4. The molecule has 5 rings (SSSR count). The summed E-state index contributed by atoms with van der Waals surface area (Å²) in [7, 11) is 4.06. The smallest absolute Gasteiger partial charge is 0.370 e. The molecule has 0 saturated carbocycles. The van der Waals surface area contributed by atoms with E-state index in [0.717, 1.165) is 47.1 Å². The number of hydrogen-bond donors (Lipinski definition) is 2. The first-order valence-corrected chi connectivity index (χ1v) is 13.1. The number of fused-ring (bicyclic) bond motifs is 1. The summed E-state index contributed by atoms with van der Waals surface area (Å²) in [5.74, 6) is -0.298. The molecule has 1 aromatic heterocycles. The van der Waals surface area contributed by atoms with Crippen LogP contribution in [0.1, 0.15) is 34.3 Å². The van der Waals surface area contributed by atoms with E-state index in [9.17, 15) is 18.0 Å². The molecule has 1 aliphatic heterocycles. The van der Waals surface area contributed by atoms with Crippen molar-refractivity contribution in [1.29, 1.82) is 0 Å². The second kappa shape index (κ2) is 10.8. The van der Waals surface area contributed by atoms with E-state index in [4.69, 9.17) is 5.73 Å². The summed E-state index contributed by atoms with van der Waals surface area (Å²) in [5, 5.41) is 3.58. The molecule has 1 saturated heterocycles. The molecule has 208 valence electrons. The number of halogens is 3. The van der Waals surface area contributed by atoms with Crippen molar-refractivity contribution >= 4 is 34.1 Å². The second-order valence-electron chi connectivity index (χ2n) is 10.4. The molecule has 2 heterocycles. The Morgan fingerprint density at radius 1 is 1.05 bits per heavy atom. The van der Waals surface area contributed by atoms with Gasteiger partial charge in [-0.05, 0) is 93.0 Å². The van der Waals surface area contributed by atoms with E-state index in [1.54, 1.807) is 18.3 Å². The van der Waals surface area contributed by atoms with Crippen LogP contribution in [0.2, 0.25) is 0 Å². The van der Waals surface area contributed by atoms with Crippen LogP contribution in [0.5, 0.6) is 0 Å². The van der Waals surface area contributed by atoms with Gasteiger partial charge in [-0.15, -0.1) is 0 Å². The van der Waals surface area contributed by atoms with E-state index in [1.807, 2.05) is 50.2 Å². The largest absolute Gasteiger partial charge is 0.416 e. The number of hydrogen-bond acceptors (Lipinski definition) is 6. The van der Waals surface area contributed by atoms with Crippen molar-refractivity contribution in [3.8, 4) is 11.1 Å². The molecular formula is C30H31F3N6O. The molecule has 3 N–H and O–H groups in total. The Morgan fingerprint density at radius 2 is 1.80 bits per heavy atom. The topological polar surface area (TPSA) is 87.4 Å². The number of piperidine rings is 1. The fraction of sp³-hybridized carbons (Fsp3) is 0.300. The number of nitrogens with two attached hydrogens (primary N) is 1. The van der Waals surface area contributed by atoms with Gasteiger partial charge in [0.1, 0.15) is 0 Å². The number of aromatic nitrogens is 2. The van der Waals surface area contributed by atoms with Gasteiger partial charge in [-0.2, -0.15) is 13.2 Å². The van der Waals surface area contributed by atoms with Crippen LogP contribution in [0.4, 0.5) is 30.5 Å². The van der Waals surface area contributed by atoms with Crippen LogP contribution in [0.15, 0.2) is 60.8 Å². The molecule has 7 nitrogen and oxygen atoms in total. The Bertz CT molecular complexity index is 1560. The summed E-state index contributed by atoms with van der Waals surface area (Å²) in [6.07, 6.45) is -1.13. The summed E-state index contributed by atoms with van der Waals surface area (Å²) >= 11 is 0. The third kappa shape index (κ3) is 5.72. The zero-order valence-electron chi connectivity index (χ0n) is 22.6. The number of benzene rings is 3. The van der Waals surface area contributed by atoms with E-state index < -0.39 is 17.6 Å². The minimum absolute atomic E-state index is 0.144. The molecule has 1 aliphatic rings. The number of anilines is 3. The summed E-state index contributed by atoms with van der Waals surface area (Å²) in [6, 6.07) is 14.9. The fourth-order valence-corrected chi connectivity index (χ4v) is 5.20. The van der Waals surface area contributed by atoms with Gasteiger partial charge in [0.15, 0.2) is 0 Å². The van der Waals surface area contributed by atoms with Gasteiger partial charge >= 0.3 is 6.18 Å². The number of amides is 1. The van der Waals surface area contributed by atoms with E-state index in [2.05, 4.69) is 20.2 Å². The molecule has 40 heavy (non-hydrogen) atoms. The zero-order chi connectivity index (χ0) is 28.6. The lowest BCUT2D eigenvalue weighted by molar-refractivity contribution is -0.137. The predicted molar refractivity (Wildman–Crippen MR) is 152 cm³/mol. The Balaban J connectivity index is 1.45. The molecule has 0 bridgehead atoms. The van der Waals surface area contributed by atoms with Crippen LogP contribution in [0.25, 0.3) is 22.0 Å². The zero-order valence-corrected chi connectivity index (χ0v) is 22.6. The average molecular weight is 549 g/mol. The number of aryl methyl sites for hydroxylation is 1. The molecule has 4 aromatic rings. The van der Waals surface area contributed by atoms with Crippen molar-refractivity contribution < 1.29 is 18.0 Å². The minimum atomic E-state index is -4.53. The fourth-order valence-electron chi connectivity index (χ4n) is 5.20. The highest BCUT2D eigenvalue weighted by molar-refractivity contribution is 6.07. The second-order valence-corrected chi connectivity index (χ2v) is 10.4. The molecule has 0 radical (unpaired) electrons. The average Bonchev–Trinajstić information content (AvgIpc) is 2.92. The number of carbonyl (C=O) groups is 1. The van der Waals surface area contributed by atoms with Crippen LogP contribution in [-0.2, 0) is 6.18 Å². The van der Waals surface area contributed by atoms with Crippen LogP contribution < -0.4 is 16.0 Å². The normalized spacial score (nSPS) is 14.6. The van der Waals surface area contributed by atoms with Crippen molar-refractivity contribution in [2.75, 3.05) is 43.1 Å². The number of carbonyl (C=O) groups excluding carboxylic acids is 1. The van der Waals surface area contributed by atoms with Crippen molar-refractivity contribution in [3.05, 3.63) is 77.5 Å². The Kier molecular flexibility index (Phi) is 7.37. The molecule has 0 atom stereocenters. The highest BCUT2D eigenvalue weighted by atomic mass is 19.4. The van der Waals surface area contributed by atoms with Gasteiger partial charge in [0.05, 0.1) is 22.5 Å². The number of alkyl halides is 3. The maximum atomic E-state index is 13.6. The van der Waals surface area contributed by atoms with Gasteiger partial charge in [0.25, 0.3) is 5.91 Å². The third-order valence-corrected chi connectivity index (χ3v) is 7.52. The van der Waals surface area contributed by atoms with Gasteiger partial charge < -0.3 is 20.9 Å². The first-order chi connectivity index (χ1) is 19.0. The molecule has 1 fully saturated rings. The maximum Gasteiger partial charge on any atom is 0.416 e. The SMILES string of the molecule is Cc1ccc(C(=O)Nc2cc(C(F)(F)F)ccc2N2CCC(N(C)C)CC2)cc1-c1ccc2nc(N)ncc2c1. The van der Waals surface area contributed by atoms with Gasteiger partial charge in [0.2, 0.25) is 5.95 Å². The van der Waals surface area contributed by atoms with E-state index >= 15 is 0 Å². The van der Waals surface area contributed by atoms with Gasteiger partial charge in [0, 0.05) is 36.3 Å². The van der Waals surface area contributed by atoms with Crippen LogP contribution >= 0.6 is 0 Å². The highest BCUT2D eigenvalue weighted by Gasteiger charge is 2.32. The molecule has 10 heteroatoms. The van der Waals surface area contributed by atoms with Gasteiger partial charge in [-0.25, -0.2) is 9.97 Å². The van der Waals surface area contributed by atoms with Crippen molar-refractivity contribution in [2.24, 2.45) is 0 Å². The lowest BCUT2D eigenvalue weighted by atomic mass is 9.96. The summed E-state index contributed by atoms with van der Waals surface area (Å²) in [4.78, 5) is 25.9. The monoisotopic (exact) mass is 548 g/mol. The van der Waals surface area contributed by atoms with Crippen LogP contribution in [-0.4, -0.2) is 54.0 Å². The van der Waals surface area contributed by atoms with Crippen LogP contribution in [0, 0.1) is 6.92 Å². The summed E-state index contributed by atoms with van der Waals surface area (Å²) in [6.45, 7) is 3.30. The standard InChI is InChI=1S/C30H31F3N6O/c1-18-4-5-20(15-24(18)19-6-8-25-21(14-19)17-35-29(34)37-25)28(40)36-26-16-22(30(31,32)33)7-9-27(26)39-12-10-23(11-13-39)38(2)3/h4-9,14-17,23H,10-13H2,1-3H3,(H,36,40)(H2,34,35,37). The Labute approximate surface area is 230 Å². The molecule has 0 aliphatic carbocycles. The number of rotatable bonds is 5. The Morgan fingerprint density at radius 3 is 2.50 bits per heavy atom. The van der Waals surface area contributed by atoms with Crippen molar-refractivity contribution in [3.63, 3.8) is 0 Å².